The quantitative estimate of drug-likeness (QED) is 0.532. The molecule has 0 unspecified atom stereocenters. The van der Waals surface area contributed by atoms with Crippen LogP contribution in [0.3, 0.4) is 0 Å². The molecule has 2 amide bonds. The molecule has 1 aliphatic heterocycles. The van der Waals surface area contributed by atoms with Gasteiger partial charge in [0.2, 0.25) is 5.91 Å². The Morgan fingerprint density at radius 1 is 1.15 bits per heavy atom. The highest BCUT2D eigenvalue weighted by Gasteiger charge is 2.49. The summed E-state index contributed by atoms with van der Waals surface area (Å²) in [5.74, 6) is -1.15. The number of benzene rings is 1. The lowest BCUT2D eigenvalue weighted by Gasteiger charge is -2.44. The van der Waals surface area contributed by atoms with Crippen molar-refractivity contribution in [2.45, 2.75) is 84.3 Å². The third-order valence-corrected chi connectivity index (χ3v) is 6.91. The minimum absolute atomic E-state index is 0.0687. The summed E-state index contributed by atoms with van der Waals surface area (Å²) in [6, 6.07) is 7.38. The largest absolute Gasteiger partial charge is 0.461 e. The van der Waals surface area contributed by atoms with Gasteiger partial charge in [-0.25, -0.2) is 4.79 Å². The van der Waals surface area contributed by atoms with Crippen LogP contribution in [-0.2, 0) is 16.1 Å². The molecule has 8 nitrogen and oxygen atoms in total. The number of nitrogens with one attached hydrogen (secondary N) is 1. The molecule has 1 N–H and O–H groups in total. The third kappa shape index (κ3) is 4.45. The fourth-order valence-electron chi connectivity index (χ4n) is 5.08. The van der Waals surface area contributed by atoms with Gasteiger partial charge in [0.05, 0.1) is 13.2 Å². The van der Waals surface area contributed by atoms with Gasteiger partial charge in [0.1, 0.15) is 11.2 Å². The molecule has 4 rings (SSSR count). The first-order chi connectivity index (χ1) is 16.2. The van der Waals surface area contributed by atoms with E-state index in [0.717, 1.165) is 36.8 Å². The summed E-state index contributed by atoms with van der Waals surface area (Å²) < 4.78 is 6.55. The second-order valence-corrected chi connectivity index (χ2v) is 9.66. The number of esters is 1. The first-order valence-corrected chi connectivity index (χ1v) is 12.2. The van der Waals surface area contributed by atoms with E-state index in [1.807, 2.05) is 32.0 Å². The van der Waals surface area contributed by atoms with Crippen LogP contribution in [0.25, 0.3) is 0 Å². The number of nitrogens with zero attached hydrogens (tertiary/aromatic N) is 3. The number of fused-ring (bicyclic) bond motifs is 1. The van der Waals surface area contributed by atoms with Crippen molar-refractivity contribution >= 4 is 23.5 Å². The van der Waals surface area contributed by atoms with Crippen molar-refractivity contribution in [3.63, 3.8) is 0 Å². The number of aromatic nitrogens is 2. The summed E-state index contributed by atoms with van der Waals surface area (Å²) in [7, 11) is 0. The second-order valence-electron chi connectivity index (χ2n) is 9.66. The van der Waals surface area contributed by atoms with Crippen LogP contribution in [0.2, 0.25) is 0 Å². The molecule has 0 radical (unpaired) electrons. The average molecular weight is 467 g/mol. The van der Waals surface area contributed by atoms with E-state index in [4.69, 9.17) is 4.74 Å². The molecule has 8 heteroatoms. The number of ether oxygens (including phenoxy) is 1. The molecule has 34 heavy (non-hydrogen) atoms. The maximum absolute atomic E-state index is 13.8. The monoisotopic (exact) mass is 466 g/mol. The number of amides is 2. The van der Waals surface area contributed by atoms with Crippen molar-refractivity contribution < 1.29 is 19.1 Å². The Labute approximate surface area is 200 Å². The highest BCUT2D eigenvalue weighted by molar-refractivity contribution is 6.12. The van der Waals surface area contributed by atoms with E-state index in [0.29, 0.717) is 5.69 Å². The summed E-state index contributed by atoms with van der Waals surface area (Å²) >= 11 is 0. The van der Waals surface area contributed by atoms with Gasteiger partial charge in [0.25, 0.3) is 5.91 Å². The second kappa shape index (κ2) is 9.60. The van der Waals surface area contributed by atoms with E-state index in [2.05, 4.69) is 10.4 Å². The lowest BCUT2D eigenvalue weighted by atomic mass is 9.92. The van der Waals surface area contributed by atoms with E-state index in [-0.39, 0.29) is 42.4 Å². The maximum Gasteiger partial charge on any atom is 0.358 e. The molecule has 2 aliphatic rings. The predicted octanol–water partition coefficient (Wildman–Crippen LogP) is 3.93. The van der Waals surface area contributed by atoms with Gasteiger partial charge in [-0.1, -0.05) is 43.4 Å². The molecule has 1 aromatic heterocycles. The molecule has 1 aliphatic carbocycles. The van der Waals surface area contributed by atoms with E-state index in [1.165, 1.54) is 23.6 Å². The molecule has 0 spiro atoms. The number of rotatable bonds is 5. The molecular formula is C26H34N4O4. The van der Waals surface area contributed by atoms with Crippen LogP contribution in [0.1, 0.15) is 84.5 Å². The van der Waals surface area contributed by atoms with Crippen LogP contribution in [0.5, 0.6) is 0 Å². The van der Waals surface area contributed by atoms with Crippen molar-refractivity contribution in [3.8, 4) is 0 Å². The zero-order valence-corrected chi connectivity index (χ0v) is 20.5. The highest BCUT2D eigenvalue weighted by Crippen LogP contribution is 2.35. The maximum atomic E-state index is 13.8. The summed E-state index contributed by atoms with van der Waals surface area (Å²) in [6.45, 7) is 7.79. The van der Waals surface area contributed by atoms with Crippen molar-refractivity contribution in [1.29, 1.82) is 0 Å². The number of carbonyl (C=O) groups excluding carboxylic acids is 3. The van der Waals surface area contributed by atoms with Gasteiger partial charge in [0.15, 0.2) is 5.69 Å². The first kappa shape index (κ1) is 24.0. The molecule has 0 saturated heterocycles. The molecular weight excluding hydrogens is 432 g/mol. The molecule has 2 aromatic rings. The average Bonchev–Trinajstić information content (AvgIpc) is 3.04. The van der Waals surface area contributed by atoms with E-state index >= 15 is 0 Å². The first-order valence-electron chi connectivity index (χ1n) is 12.2. The molecule has 1 saturated carbocycles. The van der Waals surface area contributed by atoms with Crippen molar-refractivity contribution in [1.82, 2.24) is 15.1 Å². The van der Waals surface area contributed by atoms with Crippen LogP contribution < -0.4 is 10.2 Å². The molecule has 2 heterocycles. The molecule has 1 aromatic carbocycles. The molecule has 1 atom stereocenters. The van der Waals surface area contributed by atoms with Crippen LogP contribution >= 0.6 is 0 Å². The SMILES string of the molecule is CCOC(=O)c1cc2n(n1)C[C@@](C)(C(=O)NC1CCCCCC1)N(c1ccc(C)cc1C)C2=O. The van der Waals surface area contributed by atoms with Gasteiger partial charge in [-0.15, -0.1) is 0 Å². The Kier molecular flexibility index (Phi) is 6.77. The molecule has 1 fully saturated rings. The summed E-state index contributed by atoms with van der Waals surface area (Å²) in [6.07, 6.45) is 6.44. The fourth-order valence-corrected chi connectivity index (χ4v) is 5.08. The van der Waals surface area contributed by atoms with Crippen molar-refractivity contribution in [3.05, 3.63) is 46.8 Å². The Hall–Kier alpha value is -3.16. The smallest absolute Gasteiger partial charge is 0.358 e. The van der Waals surface area contributed by atoms with Crippen LogP contribution in [0.15, 0.2) is 24.3 Å². The Bertz CT molecular complexity index is 1100. The summed E-state index contributed by atoms with van der Waals surface area (Å²) in [5, 5.41) is 7.57. The predicted molar refractivity (Wildman–Crippen MR) is 129 cm³/mol. The van der Waals surface area contributed by atoms with Crippen LogP contribution in [-0.4, -0.2) is 45.8 Å². The van der Waals surface area contributed by atoms with Gasteiger partial charge in [-0.05, 0) is 52.2 Å². The number of aryl methyl sites for hydroxylation is 2. The minimum atomic E-state index is -1.21. The lowest BCUT2D eigenvalue weighted by Crippen LogP contribution is -2.65. The van der Waals surface area contributed by atoms with Crippen molar-refractivity contribution in [2.24, 2.45) is 0 Å². The van der Waals surface area contributed by atoms with Crippen LogP contribution in [0, 0.1) is 13.8 Å². The van der Waals surface area contributed by atoms with E-state index in [9.17, 15) is 14.4 Å². The lowest BCUT2D eigenvalue weighted by molar-refractivity contribution is -0.127. The van der Waals surface area contributed by atoms with Gasteiger partial charge >= 0.3 is 5.97 Å². The Balaban J connectivity index is 1.76. The topological polar surface area (TPSA) is 93.5 Å². The zero-order chi connectivity index (χ0) is 24.5. The Morgan fingerprint density at radius 3 is 2.50 bits per heavy atom. The highest BCUT2D eigenvalue weighted by atomic mass is 16.5. The zero-order valence-electron chi connectivity index (χ0n) is 20.5. The number of anilines is 1. The molecule has 0 bridgehead atoms. The molecule has 182 valence electrons. The van der Waals surface area contributed by atoms with E-state index < -0.39 is 11.5 Å². The normalized spacial score (nSPS) is 21.1. The van der Waals surface area contributed by atoms with Crippen LogP contribution in [0.4, 0.5) is 5.69 Å². The Morgan fingerprint density at radius 2 is 1.85 bits per heavy atom. The van der Waals surface area contributed by atoms with Gasteiger partial charge in [-0.2, -0.15) is 5.10 Å². The summed E-state index contributed by atoms with van der Waals surface area (Å²) in [5.41, 5.74) is 1.78. The number of hydrogen-bond donors (Lipinski definition) is 1. The van der Waals surface area contributed by atoms with E-state index in [1.54, 1.807) is 18.7 Å². The fraction of sp³-hybridized carbons (Fsp3) is 0.538. The standard InChI is InChI=1S/C26H34N4O4/c1-5-34-24(32)20-15-22-23(31)30(21-13-12-17(2)14-18(21)3)26(4,16-29(22)28-20)25(33)27-19-10-8-6-7-9-11-19/h12-15,19H,5-11,16H2,1-4H3,(H,27,33)/t26-/m0/s1. The van der Waals surface area contributed by atoms with Gasteiger partial charge in [-0.3, -0.25) is 19.2 Å². The van der Waals surface area contributed by atoms with Crippen molar-refractivity contribution in [2.75, 3.05) is 11.5 Å². The van der Waals surface area contributed by atoms with Gasteiger partial charge in [0, 0.05) is 17.8 Å². The minimum Gasteiger partial charge on any atom is -0.461 e. The number of hydrogen-bond acceptors (Lipinski definition) is 5. The summed E-state index contributed by atoms with van der Waals surface area (Å²) in [4.78, 5) is 41.6. The number of carbonyl (C=O) groups is 3. The third-order valence-electron chi connectivity index (χ3n) is 6.91. The van der Waals surface area contributed by atoms with Gasteiger partial charge < -0.3 is 10.1 Å².